The molecule has 0 amide bonds. The molecule has 0 N–H and O–H groups in total. The van der Waals surface area contributed by atoms with Gasteiger partial charge in [0.15, 0.2) is 0 Å². The number of halogens is 1. The lowest BCUT2D eigenvalue weighted by Gasteiger charge is -2.01. The van der Waals surface area contributed by atoms with Crippen molar-refractivity contribution >= 4 is 17.6 Å². The smallest absolute Gasteiger partial charge is 0.338 e. The van der Waals surface area contributed by atoms with E-state index in [-0.39, 0.29) is 5.97 Å². The van der Waals surface area contributed by atoms with E-state index in [4.69, 9.17) is 16.3 Å². The van der Waals surface area contributed by atoms with Gasteiger partial charge in [0.25, 0.3) is 0 Å². The third-order valence-electron chi connectivity index (χ3n) is 1.62. The zero-order valence-corrected chi connectivity index (χ0v) is 8.17. The van der Waals surface area contributed by atoms with E-state index in [0.717, 1.165) is 5.56 Å². The van der Waals surface area contributed by atoms with Gasteiger partial charge in [-0.1, -0.05) is 12.1 Å². The molecule has 1 aromatic rings. The number of esters is 1. The predicted molar refractivity (Wildman–Crippen MR) is 52.0 cm³/mol. The highest BCUT2D eigenvalue weighted by molar-refractivity contribution is 6.17. The summed E-state index contributed by atoms with van der Waals surface area (Å²) in [5.41, 5.74) is 1.56. The van der Waals surface area contributed by atoms with Crippen LogP contribution in [0.3, 0.4) is 0 Å². The molecule has 0 heterocycles. The van der Waals surface area contributed by atoms with Crippen LogP contribution in [0.15, 0.2) is 24.3 Å². The fourth-order valence-corrected chi connectivity index (χ4v) is 1.12. The highest BCUT2D eigenvalue weighted by Gasteiger charge is 2.04. The van der Waals surface area contributed by atoms with Gasteiger partial charge in [-0.15, -0.1) is 11.6 Å². The molecule has 0 aliphatic rings. The van der Waals surface area contributed by atoms with Crippen molar-refractivity contribution in [3.63, 3.8) is 0 Å². The number of hydrogen-bond donors (Lipinski definition) is 0. The van der Waals surface area contributed by atoms with Crippen LogP contribution in [0.4, 0.5) is 0 Å². The summed E-state index contributed by atoms with van der Waals surface area (Å²) in [6.07, 6.45) is 0. The lowest BCUT2D eigenvalue weighted by Crippen LogP contribution is -2.04. The minimum Gasteiger partial charge on any atom is -0.462 e. The molecule has 70 valence electrons. The Morgan fingerprint density at radius 3 is 2.46 bits per heavy atom. The van der Waals surface area contributed by atoms with Crippen molar-refractivity contribution in [2.24, 2.45) is 0 Å². The van der Waals surface area contributed by atoms with Crippen molar-refractivity contribution in [3.05, 3.63) is 35.4 Å². The maximum absolute atomic E-state index is 11.2. The molecule has 0 aromatic heterocycles. The number of carbonyl (C=O) groups excluding carboxylic acids is 1. The Balaban J connectivity index is 2.74. The van der Waals surface area contributed by atoms with Crippen molar-refractivity contribution < 1.29 is 9.53 Å². The molecular weight excluding hydrogens is 189 g/mol. The molecular formula is C10H11ClO2. The lowest BCUT2D eigenvalue weighted by atomic mass is 10.2. The van der Waals surface area contributed by atoms with Crippen LogP contribution in [-0.4, -0.2) is 12.6 Å². The van der Waals surface area contributed by atoms with Crippen molar-refractivity contribution in [1.82, 2.24) is 0 Å². The summed E-state index contributed by atoms with van der Waals surface area (Å²) in [7, 11) is 0. The Kier molecular flexibility index (Phi) is 3.77. The molecule has 0 saturated carbocycles. The normalized spacial score (nSPS) is 9.69. The summed E-state index contributed by atoms with van der Waals surface area (Å²) in [6.45, 7) is 2.18. The minimum absolute atomic E-state index is 0.288. The van der Waals surface area contributed by atoms with Gasteiger partial charge >= 0.3 is 5.97 Å². The van der Waals surface area contributed by atoms with E-state index in [9.17, 15) is 4.79 Å². The first-order valence-corrected chi connectivity index (χ1v) is 4.63. The monoisotopic (exact) mass is 199 g/mol. The second-order valence-electron chi connectivity index (χ2n) is 2.55. The van der Waals surface area contributed by atoms with E-state index in [1.165, 1.54) is 0 Å². The van der Waals surface area contributed by atoms with E-state index >= 15 is 0 Å². The number of rotatable bonds is 3. The SMILES string of the molecule is CCO[13C](=O)c1ccc(CCl)cc1. The van der Waals surface area contributed by atoms with Crippen molar-refractivity contribution in [3.8, 4) is 0 Å². The second kappa shape index (κ2) is 4.87. The highest BCUT2D eigenvalue weighted by atomic mass is 35.5. The third kappa shape index (κ3) is 2.74. The first-order valence-electron chi connectivity index (χ1n) is 4.10. The molecule has 0 unspecified atom stereocenters. The molecule has 1 aromatic carbocycles. The minimum atomic E-state index is -0.288. The fourth-order valence-electron chi connectivity index (χ4n) is 0.944. The number of benzene rings is 1. The Bertz CT molecular complexity index is 279. The lowest BCUT2D eigenvalue weighted by molar-refractivity contribution is 0.0526. The topological polar surface area (TPSA) is 26.3 Å². The molecule has 0 aliphatic carbocycles. The predicted octanol–water partition coefficient (Wildman–Crippen LogP) is 2.60. The van der Waals surface area contributed by atoms with E-state index in [2.05, 4.69) is 0 Å². The zero-order valence-electron chi connectivity index (χ0n) is 7.42. The number of ether oxygens (including phenoxy) is 1. The van der Waals surface area contributed by atoms with Crippen LogP contribution in [0.2, 0.25) is 0 Å². The molecule has 0 spiro atoms. The summed E-state index contributed by atoms with van der Waals surface area (Å²) in [6, 6.07) is 7.07. The van der Waals surface area contributed by atoms with Crippen LogP contribution < -0.4 is 0 Å². The molecule has 1 rings (SSSR count). The molecule has 0 fully saturated rings. The van der Waals surface area contributed by atoms with Gasteiger partial charge in [0.05, 0.1) is 12.2 Å². The van der Waals surface area contributed by atoms with Gasteiger partial charge in [0.2, 0.25) is 0 Å². The first kappa shape index (κ1) is 10.1. The van der Waals surface area contributed by atoms with Crippen molar-refractivity contribution in [2.75, 3.05) is 6.61 Å². The number of alkyl halides is 1. The fraction of sp³-hybridized carbons (Fsp3) is 0.300. The molecule has 13 heavy (non-hydrogen) atoms. The average Bonchev–Trinajstić information content (AvgIpc) is 2.18. The molecule has 2 nitrogen and oxygen atoms in total. The van der Waals surface area contributed by atoms with Gasteiger partial charge in [-0.05, 0) is 24.6 Å². The Morgan fingerprint density at radius 2 is 2.00 bits per heavy atom. The summed E-state index contributed by atoms with van der Waals surface area (Å²) < 4.78 is 4.83. The van der Waals surface area contributed by atoms with Crippen molar-refractivity contribution in [2.45, 2.75) is 12.8 Å². The third-order valence-corrected chi connectivity index (χ3v) is 1.93. The van der Waals surface area contributed by atoms with Crippen LogP contribution >= 0.6 is 11.6 Å². The van der Waals surface area contributed by atoms with Gasteiger partial charge in [-0.3, -0.25) is 0 Å². The number of hydrogen-bond acceptors (Lipinski definition) is 2. The van der Waals surface area contributed by atoms with Crippen LogP contribution in [0.1, 0.15) is 22.8 Å². The molecule has 0 aliphatic heterocycles. The summed E-state index contributed by atoms with van der Waals surface area (Å²) >= 11 is 5.60. The zero-order chi connectivity index (χ0) is 9.68. The van der Waals surface area contributed by atoms with Crippen LogP contribution in [-0.2, 0) is 10.6 Å². The van der Waals surface area contributed by atoms with Gasteiger partial charge in [-0.2, -0.15) is 0 Å². The van der Waals surface area contributed by atoms with Crippen LogP contribution in [0, 0.1) is 0 Å². The summed E-state index contributed by atoms with van der Waals surface area (Å²) in [5.74, 6) is 0.173. The Hall–Kier alpha value is -1.02. The maximum Gasteiger partial charge on any atom is 0.338 e. The van der Waals surface area contributed by atoms with E-state index < -0.39 is 0 Å². The van der Waals surface area contributed by atoms with E-state index in [1.807, 2.05) is 12.1 Å². The maximum atomic E-state index is 11.2. The van der Waals surface area contributed by atoms with Gasteiger partial charge in [0, 0.05) is 5.88 Å². The van der Waals surface area contributed by atoms with Gasteiger partial charge < -0.3 is 4.74 Å². The average molecular weight is 200 g/mol. The summed E-state index contributed by atoms with van der Waals surface area (Å²) in [5, 5.41) is 0. The molecule has 0 saturated heterocycles. The number of carbonyl (C=O) groups is 1. The van der Waals surface area contributed by atoms with E-state index in [1.54, 1.807) is 19.1 Å². The molecule has 0 bridgehead atoms. The van der Waals surface area contributed by atoms with Crippen molar-refractivity contribution in [1.29, 1.82) is 0 Å². The quantitative estimate of drug-likeness (QED) is 0.425. The largest absolute Gasteiger partial charge is 0.462 e. The van der Waals surface area contributed by atoms with Gasteiger partial charge in [0.1, 0.15) is 0 Å². The standard InChI is InChI=1S/C10H11ClO2/c1-2-13-10(12)9-5-3-8(7-11)4-6-9/h3-6H,2,7H2,1H3/i10+1. The molecule has 0 atom stereocenters. The second-order valence-corrected chi connectivity index (χ2v) is 2.82. The van der Waals surface area contributed by atoms with Crippen LogP contribution in [0.25, 0.3) is 0 Å². The summed E-state index contributed by atoms with van der Waals surface area (Å²) in [4.78, 5) is 11.2. The van der Waals surface area contributed by atoms with E-state index in [0.29, 0.717) is 18.1 Å². The first-order chi connectivity index (χ1) is 6.27. The highest BCUT2D eigenvalue weighted by Crippen LogP contribution is 2.07. The molecule has 0 radical (unpaired) electrons. The van der Waals surface area contributed by atoms with Crippen LogP contribution in [0.5, 0.6) is 0 Å². The Labute approximate surface area is 82.5 Å². The van der Waals surface area contributed by atoms with Gasteiger partial charge in [-0.25, -0.2) is 4.79 Å². The Morgan fingerprint density at radius 1 is 1.38 bits per heavy atom. The molecule has 3 heteroatoms.